The van der Waals surface area contributed by atoms with E-state index in [1.165, 1.54) is 0 Å². The van der Waals surface area contributed by atoms with Crippen molar-refractivity contribution in [2.75, 3.05) is 18.1 Å². The van der Waals surface area contributed by atoms with Crippen molar-refractivity contribution in [1.82, 2.24) is 0 Å². The van der Waals surface area contributed by atoms with E-state index in [9.17, 15) is 18.6 Å². The van der Waals surface area contributed by atoms with Crippen molar-refractivity contribution in [3.8, 4) is 0 Å². The smallest absolute Gasteiger partial charge is 0.153 e. The van der Waals surface area contributed by atoms with Crippen LogP contribution < -0.4 is 0 Å². The van der Waals surface area contributed by atoms with Crippen molar-refractivity contribution in [3.05, 3.63) is 0 Å². The molecule has 0 radical (unpaired) electrons. The van der Waals surface area contributed by atoms with Crippen molar-refractivity contribution in [2.24, 2.45) is 5.41 Å². The molecule has 2 rings (SSSR count). The Kier molecular flexibility index (Phi) is 2.18. The Balaban J connectivity index is 2.25. The Labute approximate surface area is 83.9 Å². The molecule has 2 aliphatic rings. The SMILES string of the molecule is O=S1(=O)CCC(O)(C2(CO)CCC2)C1. The van der Waals surface area contributed by atoms with E-state index in [1.807, 2.05) is 0 Å². The van der Waals surface area contributed by atoms with Crippen LogP contribution in [-0.2, 0) is 9.84 Å². The highest BCUT2D eigenvalue weighted by Crippen LogP contribution is 2.52. The quantitative estimate of drug-likeness (QED) is 0.670. The third kappa shape index (κ3) is 1.30. The fourth-order valence-electron chi connectivity index (χ4n) is 2.62. The molecule has 0 aromatic carbocycles. The van der Waals surface area contributed by atoms with Gasteiger partial charge in [-0.1, -0.05) is 6.42 Å². The molecule has 0 aromatic heterocycles. The fraction of sp³-hybridized carbons (Fsp3) is 1.00. The Bertz CT molecular complexity index is 325. The topological polar surface area (TPSA) is 74.6 Å². The van der Waals surface area contributed by atoms with Crippen LogP contribution in [0, 0.1) is 5.41 Å². The third-order valence-corrected chi connectivity index (χ3v) is 5.63. The highest BCUT2D eigenvalue weighted by Gasteiger charge is 2.58. The summed E-state index contributed by atoms with van der Waals surface area (Å²) in [5.41, 5.74) is -1.70. The standard InChI is InChI=1S/C9H16O4S/c10-6-8(2-1-3-8)9(11)4-5-14(12,13)7-9/h10-11H,1-7H2. The minimum Gasteiger partial charge on any atom is -0.396 e. The summed E-state index contributed by atoms with van der Waals surface area (Å²) in [6.45, 7) is -0.0982. The summed E-state index contributed by atoms with van der Waals surface area (Å²) in [7, 11) is -3.08. The van der Waals surface area contributed by atoms with Crippen LogP contribution in [0.3, 0.4) is 0 Å². The third-order valence-electron chi connectivity index (χ3n) is 3.89. The van der Waals surface area contributed by atoms with Gasteiger partial charge in [-0.15, -0.1) is 0 Å². The van der Waals surface area contributed by atoms with Crippen molar-refractivity contribution < 1.29 is 18.6 Å². The Morgan fingerprint density at radius 2 is 1.86 bits per heavy atom. The van der Waals surface area contributed by atoms with Crippen molar-refractivity contribution in [1.29, 1.82) is 0 Å². The van der Waals surface area contributed by atoms with Gasteiger partial charge >= 0.3 is 0 Å². The van der Waals surface area contributed by atoms with Gasteiger partial charge in [0.2, 0.25) is 0 Å². The molecule has 1 atom stereocenters. The van der Waals surface area contributed by atoms with Crippen LogP contribution in [-0.4, -0.2) is 42.3 Å². The zero-order valence-electron chi connectivity index (χ0n) is 8.07. The van der Waals surface area contributed by atoms with E-state index in [4.69, 9.17) is 0 Å². The maximum Gasteiger partial charge on any atom is 0.153 e. The molecule has 0 aromatic rings. The maximum absolute atomic E-state index is 11.3. The molecule has 1 aliphatic heterocycles. The second-order valence-electron chi connectivity index (χ2n) is 4.67. The summed E-state index contributed by atoms with van der Waals surface area (Å²) >= 11 is 0. The molecule has 2 fully saturated rings. The number of rotatable bonds is 2. The van der Waals surface area contributed by atoms with Crippen LogP contribution in [0.5, 0.6) is 0 Å². The highest BCUT2D eigenvalue weighted by atomic mass is 32.2. The summed E-state index contributed by atoms with van der Waals surface area (Å²) in [6.07, 6.45) is 2.75. The summed E-state index contributed by atoms with van der Waals surface area (Å²) < 4.78 is 22.6. The minimum atomic E-state index is -3.08. The highest BCUT2D eigenvalue weighted by molar-refractivity contribution is 7.91. The second-order valence-corrected chi connectivity index (χ2v) is 6.85. The molecule has 1 unspecified atom stereocenters. The molecule has 5 heteroatoms. The molecule has 0 spiro atoms. The van der Waals surface area contributed by atoms with E-state index < -0.39 is 20.9 Å². The van der Waals surface area contributed by atoms with Gasteiger partial charge < -0.3 is 10.2 Å². The van der Waals surface area contributed by atoms with Gasteiger partial charge in [0.05, 0.1) is 23.7 Å². The monoisotopic (exact) mass is 220 g/mol. The van der Waals surface area contributed by atoms with Gasteiger partial charge in [0.15, 0.2) is 9.84 Å². The minimum absolute atomic E-state index is 0.0608. The van der Waals surface area contributed by atoms with E-state index in [2.05, 4.69) is 0 Å². The van der Waals surface area contributed by atoms with Crippen LogP contribution in [0.25, 0.3) is 0 Å². The first-order chi connectivity index (χ1) is 6.43. The van der Waals surface area contributed by atoms with Crippen molar-refractivity contribution >= 4 is 9.84 Å². The van der Waals surface area contributed by atoms with Gasteiger partial charge in [0.25, 0.3) is 0 Å². The summed E-state index contributed by atoms with van der Waals surface area (Å²) in [5.74, 6) is -0.105. The molecule has 82 valence electrons. The van der Waals surface area contributed by atoms with E-state index in [-0.39, 0.29) is 24.5 Å². The van der Waals surface area contributed by atoms with Gasteiger partial charge in [-0.05, 0) is 19.3 Å². The van der Waals surface area contributed by atoms with Crippen LogP contribution in [0.2, 0.25) is 0 Å². The van der Waals surface area contributed by atoms with Crippen LogP contribution in [0.1, 0.15) is 25.7 Å². The van der Waals surface area contributed by atoms with Crippen LogP contribution in [0.15, 0.2) is 0 Å². The summed E-state index contributed by atoms with van der Waals surface area (Å²) in [6, 6.07) is 0. The Morgan fingerprint density at radius 3 is 2.14 bits per heavy atom. The van der Waals surface area contributed by atoms with E-state index in [1.54, 1.807) is 0 Å². The predicted molar refractivity (Wildman–Crippen MR) is 51.6 cm³/mol. The first kappa shape index (κ1) is 10.4. The molecule has 1 saturated heterocycles. The second kappa shape index (κ2) is 2.93. The average molecular weight is 220 g/mol. The number of sulfone groups is 1. The van der Waals surface area contributed by atoms with Gasteiger partial charge in [0.1, 0.15) is 0 Å². The van der Waals surface area contributed by atoms with E-state index in [0.29, 0.717) is 0 Å². The van der Waals surface area contributed by atoms with Gasteiger partial charge in [0, 0.05) is 5.41 Å². The Morgan fingerprint density at radius 1 is 1.21 bits per heavy atom. The number of aliphatic hydroxyl groups excluding tert-OH is 1. The molecule has 4 nitrogen and oxygen atoms in total. The summed E-state index contributed by atoms with van der Waals surface area (Å²) in [5, 5.41) is 19.5. The van der Waals surface area contributed by atoms with Gasteiger partial charge in [-0.25, -0.2) is 8.42 Å². The zero-order valence-corrected chi connectivity index (χ0v) is 8.89. The number of aliphatic hydroxyl groups is 2. The van der Waals surface area contributed by atoms with Gasteiger partial charge in [-0.3, -0.25) is 0 Å². The lowest BCUT2D eigenvalue weighted by molar-refractivity contribution is -0.135. The molecular weight excluding hydrogens is 204 g/mol. The first-order valence-electron chi connectivity index (χ1n) is 4.97. The van der Waals surface area contributed by atoms with E-state index in [0.717, 1.165) is 19.3 Å². The van der Waals surface area contributed by atoms with Gasteiger partial charge in [-0.2, -0.15) is 0 Å². The molecule has 0 bridgehead atoms. The zero-order chi connectivity index (χ0) is 10.4. The largest absolute Gasteiger partial charge is 0.396 e. The summed E-state index contributed by atoms with van der Waals surface area (Å²) in [4.78, 5) is 0. The van der Waals surface area contributed by atoms with E-state index >= 15 is 0 Å². The molecular formula is C9H16O4S. The normalized spacial score (nSPS) is 39.3. The first-order valence-corrected chi connectivity index (χ1v) is 6.79. The lowest BCUT2D eigenvalue weighted by Gasteiger charge is -2.50. The number of hydrogen-bond acceptors (Lipinski definition) is 4. The molecule has 14 heavy (non-hydrogen) atoms. The van der Waals surface area contributed by atoms with Crippen molar-refractivity contribution in [2.45, 2.75) is 31.3 Å². The average Bonchev–Trinajstić information content (AvgIpc) is 2.25. The van der Waals surface area contributed by atoms with Crippen LogP contribution in [0.4, 0.5) is 0 Å². The fourth-order valence-corrected chi connectivity index (χ4v) is 4.60. The molecule has 1 saturated carbocycles. The molecule has 1 heterocycles. The maximum atomic E-state index is 11.3. The number of hydrogen-bond donors (Lipinski definition) is 2. The molecule has 0 amide bonds. The van der Waals surface area contributed by atoms with Crippen LogP contribution >= 0.6 is 0 Å². The molecule has 1 aliphatic carbocycles. The van der Waals surface area contributed by atoms with Crippen molar-refractivity contribution in [3.63, 3.8) is 0 Å². The lowest BCUT2D eigenvalue weighted by Crippen LogP contribution is -2.55. The predicted octanol–water partition coefficient (Wildman–Crippen LogP) is -0.301. The lowest BCUT2D eigenvalue weighted by atomic mass is 9.59. The Hall–Kier alpha value is -0.130. The molecule has 2 N–H and O–H groups in total.